The molecule has 1 heterocycles. The lowest BCUT2D eigenvalue weighted by Gasteiger charge is -2.04. The van der Waals surface area contributed by atoms with Crippen LogP contribution in [0.2, 0.25) is 10.0 Å². The molecule has 0 amide bonds. The fourth-order valence-electron chi connectivity index (χ4n) is 1.80. The summed E-state index contributed by atoms with van der Waals surface area (Å²) in [6.45, 7) is 0. The number of imidazole rings is 1. The molecule has 0 saturated heterocycles. The smallest absolute Gasteiger partial charge is 0.0996 e. The van der Waals surface area contributed by atoms with E-state index < -0.39 is 0 Å². The fourth-order valence-corrected chi connectivity index (χ4v) is 2.31. The van der Waals surface area contributed by atoms with Crippen LogP contribution < -0.4 is 5.73 Å². The Bertz CT molecular complexity index is 553. The van der Waals surface area contributed by atoms with E-state index in [4.69, 9.17) is 28.9 Å². The maximum absolute atomic E-state index is 6.09. The van der Waals surface area contributed by atoms with Crippen molar-refractivity contribution in [3.05, 3.63) is 46.5 Å². The van der Waals surface area contributed by atoms with Crippen molar-refractivity contribution in [1.82, 2.24) is 9.55 Å². The van der Waals surface area contributed by atoms with Gasteiger partial charge < -0.3 is 10.3 Å². The van der Waals surface area contributed by atoms with Gasteiger partial charge in [-0.25, -0.2) is 4.98 Å². The summed E-state index contributed by atoms with van der Waals surface area (Å²) in [5.41, 5.74) is 7.70. The minimum absolute atomic E-state index is 0.215. The van der Waals surface area contributed by atoms with Crippen LogP contribution >= 0.6 is 23.2 Å². The molecule has 88 valence electrons. The maximum atomic E-state index is 6.09. The average molecular weight is 268 g/mol. The molecule has 1 saturated carbocycles. The number of hydrogen-bond acceptors (Lipinski definition) is 2. The molecular weight excluding hydrogens is 257 g/mol. The van der Waals surface area contributed by atoms with Gasteiger partial charge in [-0.1, -0.05) is 23.2 Å². The van der Waals surface area contributed by atoms with Gasteiger partial charge in [-0.05, 0) is 31.0 Å². The van der Waals surface area contributed by atoms with Crippen molar-refractivity contribution >= 4 is 23.2 Å². The zero-order valence-corrected chi connectivity index (χ0v) is 10.5. The van der Waals surface area contributed by atoms with Gasteiger partial charge in [0.25, 0.3) is 0 Å². The number of hydrogen-bond donors (Lipinski definition) is 1. The van der Waals surface area contributed by atoms with Gasteiger partial charge in [0.05, 0.1) is 17.6 Å². The summed E-state index contributed by atoms with van der Waals surface area (Å²) < 4.78 is 1.89. The van der Waals surface area contributed by atoms with Crippen molar-refractivity contribution in [1.29, 1.82) is 0 Å². The summed E-state index contributed by atoms with van der Waals surface area (Å²) >= 11 is 11.9. The van der Waals surface area contributed by atoms with Crippen LogP contribution in [0.4, 0.5) is 0 Å². The summed E-state index contributed by atoms with van der Waals surface area (Å²) in [5.74, 6) is 0. The number of nitrogens with zero attached hydrogens (tertiary/aromatic N) is 2. The van der Waals surface area contributed by atoms with Crippen molar-refractivity contribution in [2.24, 2.45) is 5.73 Å². The van der Waals surface area contributed by atoms with E-state index in [1.807, 2.05) is 22.9 Å². The summed E-state index contributed by atoms with van der Waals surface area (Å²) in [4.78, 5) is 4.34. The molecule has 0 bridgehead atoms. The van der Waals surface area contributed by atoms with Gasteiger partial charge in [-0.15, -0.1) is 0 Å². The van der Waals surface area contributed by atoms with Crippen molar-refractivity contribution in [2.75, 3.05) is 0 Å². The third-order valence-corrected chi connectivity index (χ3v) is 3.46. The van der Waals surface area contributed by atoms with Crippen molar-refractivity contribution in [2.45, 2.75) is 18.4 Å². The molecule has 1 fully saturated rings. The second kappa shape index (κ2) is 3.73. The molecule has 0 unspecified atom stereocenters. The second-order valence-electron chi connectivity index (χ2n) is 4.45. The molecule has 0 radical (unpaired) electrons. The highest BCUT2D eigenvalue weighted by molar-refractivity contribution is 6.34. The van der Waals surface area contributed by atoms with Gasteiger partial charge in [0.1, 0.15) is 0 Å². The molecule has 5 heteroatoms. The van der Waals surface area contributed by atoms with Crippen molar-refractivity contribution in [3.8, 4) is 5.69 Å². The van der Waals surface area contributed by atoms with Crippen LogP contribution in [0.3, 0.4) is 0 Å². The molecule has 0 aliphatic heterocycles. The molecule has 3 rings (SSSR count). The molecule has 1 aromatic heterocycles. The summed E-state index contributed by atoms with van der Waals surface area (Å²) in [6, 6.07) is 5.39. The molecule has 1 aliphatic carbocycles. The first kappa shape index (κ1) is 11.1. The molecule has 2 N–H and O–H groups in total. The monoisotopic (exact) mass is 267 g/mol. The molecule has 1 aromatic carbocycles. The zero-order valence-electron chi connectivity index (χ0n) is 9.03. The lowest BCUT2D eigenvalue weighted by molar-refractivity contribution is 0.713. The van der Waals surface area contributed by atoms with Crippen LogP contribution in [0.15, 0.2) is 30.7 Å². The summed E-state index contributed by atoms with van der Waals surface area (Å²) in [7, 11) is 0. The number of halogens is 2. The van der Waals surface area contributed by atoms with Gasteiger partial charge >= 0.3 is 0 Å². The van der Waals surface area contributed by atoms with E-state index in [9.17, 15) is 0 Å². The van der Waals surface area contributed by atoms with Gasteiger partial charge in [0, 0.05) is 21.9 Å². The van der Waals surface area contributed by atoms with E-state index in [-0.39, 0.29) is 5.54 Å². The first-order valence-electron chi connectivity index (χ1n) is 5.37. The van der Waals surface area contributed by atoms with Crippen molar-refractivity contribution < 1.29 is 0 Å². The molecule has 2 aromatic rings. The second-order valence-corrected chi connectivity index (χ2v) is 5.32. The summed E-state index contributed by atoms with van der Waals surface area (Å²) in [6.07, 6.45) is 5.68. The van der Waals surface area contributed by atoms with Gasteiger partial charge in [-0.3, -0.25) is 0 Å². The fraction of sp³-hybridized carbons (Fsp3) is 0.250. The first-order chi connectivity index (χ1) is 8.07. The Morgan fingerprint density at radius 3 is 2.41 bits per heavy atom. The Morgan fingerprint density at radius 2 is 1.82 bits per heavy atom. The Kier molecular flexibility index (Phi) is 2.43. The standard InChI is InChI=1S/C12H11Cl2N3/c13-8-3-9(14)5-10(4-8)17-6-11(16-7-17)12(15)1-2-12/h3-7H,1-2,15H2. The lowest BCUT2D eigenvalue weighted by atomic mass is 10.2. The third-order valence-electron chi connectivity index (χ3n) is 3.03. The molecule has 17 heavy (non-hydrogen) atoms. The van der Waals surface area contributed by atoms with Crippen LogP contribution in [0, 0.1) is 0 Å². The van der Waals surface area contributed by atoms with E-state index in [1.165, 1.54) is 0 Å². The van der Waals surface area contributed by atoms with E-state index in [0.29, 0.717) is 10.0 Å². The number of benzene rings is 1. The van der Waals surface area contributed by atoms with Crippen LogP contribution in [0.5, 0.6) is 0 Å². The molecule has 3 nitrogen and oxygen atoms in total. The normalized spacial score (nSPS) is 17.1. The van der Waals surface area contributed by atoms with Crippen LogP contribution in [0.1, 0.15) is 18.5 Å². The zero-order chi connectivity index (χ0) is 12.0. The third kappa shape index (κ3) is 2.06. The molecule has 1 aliphatic rings. The van der Waals surface area contributed by atoms with Crippen LogP contribution in [-0.4, -0.2) is 9.55 Å². The highest BCUT2D eigenvalue weighted by Crippen LogP contribution is 2.41. The van der Waals surface area contributed by atoms with E-state index in [1.54, 1.807) is 12.4 Å². The SMILES string of the molecule is NC1(c2cn(-c3cc(Cl)cc(Cl)c3)cn2)CC1. The molecule has 0 spiro atoms. The maximum Gasteiger partial charge on any atom is 0.0996 e. The molecule has 0 atom stereocenters. The quantitative estimate of drug-likeness (QED) is 0.909. The lowest BCUT2D eigenvalue weighted by Crippen LogP contribution is -2.18. The molecular formula is C12H11Cl2N3. The highest BCUT2D eigenvalue weighted by Gasteiger charge is 2.42. The van der Waals surface area contributed by atoms with Crippen LogP contribution in [-0.2, 0) is 5.54 Å². The minimum Gasteiger partial charge on any atom is -0.320 e. The largest absolute Gasteiger partial charge is 0.320 e. The van der Waals surface area contributed by atoms with Gasteiger partial charge in [0.2, 0.25) is 0 Å². The first-order valence-corrected chi connectivity index (χ1v) is 6.12. The minimum atomic E-state index is -0.215. The van der Waals surface area contributed by atoms with E-state index in [0.717, 1.165) is 24.2 Å². The predicted octanol–water partition coefficient (Wildman–Crippen LogP) is 3.13. The topological polar surface area (TPSA) is 43.8 Å². The van der Waals surface area contributed by atoms with E-state index >= 15 is 0 Å². The Balaban J connectivity index is 2.00. The number of aromatic nitrogens is 2. The Morgan fingerprint density at radius 1 is 1.18 bits per heavy atom. The predicted molar refractivity (Wildman–Crippen MR) is 68.7 cm³/mol. The average Bonchev–Trinajstić information content (AvgIpc) is 2.82. The Labute approximate surface area is 109 Å². The van der Waals surface area contributed by atoms with E-state index in [2.05, 4.69) is 4.98 Å². The van der Waals surface area contributed by atoms with Crippen LogP contribution in [0.25, 0.3) is 5.69 Å². The Hall–Kier alpha value is -1.03. The number of nitrogens with two attached hydrogens (primary N) is 1. The summed E-state index contributed by atoms with van der Waals surface area (Å²) in [5, 5.41) is 1.22. The van der Waals surface area contributed by atoms with Crippen molar-refractivity contribution in [3.63, 3.8) is 0 Å². The van der Waals surface area contributed by atoms with Gasteiger partial charge in [-0.2, -0.15) is 0 Å². The van der Waals surface area contributed by atoms with Gasteiger partial charge in [0.15, 0.2) is 0 Å². The number of rotatable bonds is 2. The highest BCUT2D eigenvalue weighted by atomic mass is 35.5.